The highest BCUT2D eigenvalue weighted by Crippen LogP contribution is 2.58. The molecule has 4 rings (SSSR count). The minimum Gasteiger partial charge on any atom is -0.482 e. The molecule has 29 heavy (non-hydrogen) atoms. The SMILES string of the molecule is Cn1cc(-c2cc(OCC(=O)O)cc3c2-c2ccccc2C3(O)C(F)(F)F)cn1. The Bertz CT molecular complexity index is 1120. The smallest absolute Gasteiger partial charge is 0.425 e. The van der Waals surface area contributed by atoms with E-state index >= 15 is 0 Å². The van der Waals surface area contributed by atoms with E-state index in [1.807, 2.05) is 0 Å². The van der Waals surface area contributed by atoms with Crippen molar-refractivity contribution in [2.75, 3.05) is 6.61 Å². The zero-order chi connectivity index (χ0) is 21.0. The predicted molar refractivity (Wildman–Crippen MR) is 96.3 cm³/mol. The average molecular weight is 404 g/mol. The molecule has 1 heterocycles. The monoisotopic (exact) mass is 404 g/mol. The van der Waals surface area contributed by atoms with Crippen LogP contribution in [0.15, 0.2) is 48.8 Å². The molecule has 0 saturated heterocycles. The number of ether oxygens (including phenoxy) is 1. The number of aromatic nitrogens is 2. The molecule has 1 atom stereocenters. The predicted octanol–water partition coefficient (Wildman–Crippen LogP) is 3.33. The highest BCUT2D eigenvalue weighted by Gasteiger charge is 2.61. The average Bonchev–Trinajstić information content (AvgIpc) is 3.20. The van der Waals surface area contributed by atoms with Crippen LogP contribution in [-0.4, -0.2) is 38.7 Å². The Labute approximate surface area is 162 Å². The standard InChI is InChI=1S/C20H15F3N2O4/c1-25-9-11(8-24-25)14-6-12(29-10-17(26)27)7-16-18(14)13-4-2-3-5-15(13)19(16,28)20(21,22)23/h2-9,28H,10H2,1H3,(H,26,27). The van der Waals surface area contributed by atoms with Gasteiger partial charge in [-0.25, -0.2) is 4.79 Å². The Morgan fingerprint density at radius 1 is 1.21 bits per heavy atom. The number of carbonyl (C=O) groups is 1. The van der Waals surface area contributed by atoms with Gasteiger partial charge in [0, 0.05) is 29.9 Å². The molecule has 1 aliphatic carbocycles. The molecule has 2 aromatic carbocycles. The quantitative estimate of drug-likeness (QED) is 0.697. The Morgan fingerprint density at radius 2 is 1.93 bits per heavy atom. The van der Waals surface area contributed by atoms with E-state index in [2.05, 4.69) is 5.10 Å². The van der Waals surface area contributed by atoms with Crippen molar-refractivity contribution in [3.05, 3.63) is 59.9 Å². The third-order valence-corrected chi connectivity index (χ3v) is 4.88. The van der Waals surface area contributed by atoms with Crippen LogP contribution in [0.1, 0.15) is 11.1 Å². The third-order valence-electron chi connectivity index (χ3n) is 4.88. The van der Waals surface area contributed by atoms with E-state index in [4.69, 9.17) is 9.84 Å². The Kier molecular flexibility index (Phi) is 4.16. The number of carboxylic acids is 1. The maximum Gasteiger partial charge on any atom is 0.425 e. The maximum absolute atomic E-state index is 14.1. The summed E-state index contributed by atoms with van der Waals surface area (Å²) in [6.45, 7) is -0.733. The molecule has 6 nitrogen and oxygen atoms in total. The summed E-state index contributed by atoms with van der Waals surface area (Å²) >= 11 is 0. The lowest BCUT2D eigenvalue weighted by Gasteiger charge is -2.28. The first-order valence-electron chi connectivity index (χ1n) is 8.54. The summed E-state index contributed by atoms with van der Waals surface area (Å²) in [5, 5.41) is 23.8. The molecule has 1 aliphatic rings. The normalized spacial score (nSPS) is 17.7. The molecule has 0 radical (unpaired) electrons. The lowest BCUT2D eigenvalue weighted by atomic mass is 9.89. The van der Waals surface area contributed by atoms with Crippen LogP contribution in [0.25, 0.3) is 22.3 Å². The third kappa shape index (κ3) is 2.85. The Hall–Kier alpha value is -3.33. The first-order valence-corrected chi connectivity index (χ1v) is 8.54. The van der Waals surface area contributed by atoms with E-state index in [1.165, 1.54) is 35.1 Å². The van der Waals surface area contributed by atoms with Gasteiger partial charge in [-0.3, -0.25) is 4.68 Å². The number of hydrogen-bond donors (Lipinski definition) is 2. The van der Waals surface area contributed by atoms with Crippen LogP contribution in [0, 0.1) is 0 Å². The van der Waals surface area contributed by atoms with Crippen molar-refractivity contribution in [1.82, 2.24) is 9.78 Å². The summed E-state index contributed by atoms with van der Waals surface area (Å²) in [5.41, 5.74) is -2.65. The fraction of sp³-hybridized carbons (Fsp3) is 0.200. The van der Waals surface area contributed by atoms with Crippen molar-refractivity contribution in [2.45, 2.75) is 11.8 Å². The van der Waals surface area contributed by atoms with Gasteiger partial charge >= 0.3 is 12.1 Å². The van der Waals surface area contributed by atoms with Crippen LogP contribution in [0.4, 0.5) is 13.2 Å². The second-order valence-corrected chi connectivity index (χ2v) is 6.73. The summed E-state index contributed by atoms with van der Waals surface area (Å²) < 4.78 is 48.9. The van der Waals surface area contributed by atoms with E-state index < -0.39 is 29.9 Å². The van der Waals surface area contributed by atoms with E-state index in [9.17, 15) is 23.1 Å². The summed E-state index contributed by atoms with van der Waals surface area (Å²) in [4.78, 5) is 10.9. The molecule has 150 valence electrons. The summed E-state index contributed by atoms with van der Waals surface area (Å²) in [5.74, 6) is -1.37. The second-order valence-electron chi connectivity index (χ2n) is 6.73. The van der Waals surface area contributed by atoms with Crippen LogP contribution in [0.5, 0.6) is 5.75 Å². The topological polar surface area (TPSA) is 84.6 Å². The van der Waals surface area contributed by atoms with Crippen LogP contribution in [-0.2, 0) is 17.4 Å². The fourth-order valence-electron chi connectivity index (χ4n) is 3.67. The van der Waals surface area contributed by atoms with Gasteiger partial charge in [0.15, 0.2) is 6.61 Å². The van der Waals surface area contributed by atoms with Gasteiger partial charge in [0.1, 0.15) is 5.75 Å². The summed E-state index contributed by atoms with van der Waals surface area (Å²) in [6.07, 6.45) is -1.92. The first-order chi connectivity index (χ1) is 13.6. The van der Waals surface area contributed by atoms with Gasteiger partial charge < -0.3 is 14.9 Å². The molecule has 9 heteroatoms. The fourth-order valence-corrected chi connectivity index (χ4v) is 3.67. The van der Waals surface area contributed by atoms with E-state index in [0.717, 1.165) is 6.07 Å². The number of hydrogen-bond acceptors (Lipinski definition) is 4. The van der Waals surface area contributed by atoms with Crippen molar-refractivity contribution in [1.29, 1.82) is 0 Å². The molecule has 0 amide bonds. The molecule has 0 spiro atoms. The Balaban J connectivity index is 2.05. The molecule has 0 fully saturated rings. The lowest BCUT2D eigenvalue weighted by molar-refractivity contribution is -0.246. The van der Waals surface area contributed by atoms with Crippen LogP contribution < -0.4 is 4.74 Å². The van der Waals surface area contributed by atoms with Crippen molar-refractivity contribution in [3.63, 3.8) is 0 Å². The number of rotatable bonds is 4. The number of aliphatic carboxylic acids is 1. The number of aliphatic hydroxyl groups is 1. The minimum absolute atomic E-state index is 0.0968. The summed E-state index contributed by atoms with van der Waals surface area (Å²) in [7, 11) is 1.66. The van der Waals surface area contributed by atoms with Gasteiger partial charge in [0.05, 0.1) is 6.20 Å². The highest BCUT2D eigenvalue weighted by atomic mass is 19.4. The molecule has 1 aromatic heterocycles. The number of benzene rings is 2. The number of aryl methyl sites for hydroxylation is 1. The van der Waals surface area contributed by atoms with Crippen molar-refractivity contribution in [2.24, 2.45) is 7.05 Å². The summed E-state index contributed by atoms with van der Waals surface area (Å²) in [6, 6.07) is 8.26. The molecule has 2 N–H and O–H groups in total. The second kappa shape index (κ2) is 6.35. The first kappa shape index (κ1) is 19.0. The van der Waals surface area contributed by atoms with Gasteiger partial charge in [-0.05, 0) is 28.8 Å². The minimum atomic E-state index is -5.01. The Morgan fingerprint density at radius 3 is 2.55 bits per heavy atom. The van der Waals surface area contributed by atoms with Gasteiger partial charge in [0.2, 0.25) is 5.60 Å². The zero-order valence-electron chi connectivity index (χ0n) is 15.1. The van der Waals surface area contributed by atoms with E-state index in [1.54, 1.807) is 19.3 Å². The lowest BCUT2D eigenvalue weighted by Crippen LogP contribution is -2.41. The number of fused-ring (bicyclic) bond motifs is 3. The molecule has 0 aliphatic heterocycles. The molecular weight excluding hydrogens is 389 g/mol. The van der Waals surface area contributed by atoms with Gasteiger partial charge in [-0.15, -0.1) is 0 Å². The number of carboxylic acid groups (broad SMARTS) is 1. The molecule has 3 aromatic rings. The zero-order valence-corrected chi connectivity index (χ0v) is 15.1. The van der Waals surface area contributed by atoms with Crippen LogP contribution in [0.2, 0.25) is 0 Å². The van der Waals surface area contributed by atoms with Crippen LogP contribution in [0.3, 0.4) is 0 Å². The van der Waals surface area contributed by atoms with E-state index in [-0.39, 0.29) is 22.4 Å². The molecular formula is C20H15F3N2O4. The van der Waals surface area contributed by atoms with Gasteiger partial charge in [-0.1, -0.05) is 24.3 Å². The molecule has 0 bridgehead atoms. The van der Waals surface area contributed by atoms with E-state index in [0.29, 0.717) is 11.1 Å². The molecule has 0 saturated carbocycles. The van der Waals surface area contributed by atoms with Gasteiger partial charge in [0.25, 0.3) is 0 Å². The highest BCUT2D eigenvalue weighted by molar-refractivity contribution is 5.93. The van der Waals surface area contributed by atoms with Crippen LogP contribution >= 0.6 is 0 Å². The van der Waals surface area contributed by atoms with Gasteiger partial charge in [-0.2, -0.15) is 18.3 Å². The van der Waals surface area contributed by atoms with Crippen molar-refractivity contribution < 1.29 is 32.9 Å². The largest absolute Gasteiger partial charge is 0.482 e. The van der Waals surface area contributed by atoms with Crippen molar-refractivity contribution in [3.8, 4) is 28.0 Å². The maximum atomic E-state index is 14.1. The number of alkyl halides is 3. The number of nitrogens with zero attached hydrogens (tertiary/aromatic N) is 2. The van der Waals surface area contributed by atoms with Crippen molar-refractivity contribution >= 4 is 5.97 Å². The number of halogens is 3. The molecule has 1 unspecified atom stereocenters.